The van der Waals surface area contributed by atoms with Crippen molar-refractivity contribution < 1.29 is 9.59 Å². The van der Waals surface area contributed by atoms with Crippen molar-refractivity contribution >= 4 is 11.9 Å². The van der Waals surface area contributed by atoms with Crippen molar-refractivity contribution in [2.45, 2.75) is 38.3 Å². The van der Waals surface area contributed by atoms with Gasteiger partial charge in [-0.3, -0.25) is 9.69 Å². The molecule has 4 nitrogen and oxygen atoms in total. The number of urea groups is 1. The Hall–Kier alpha value is -1.06. The zero-order valence-corrected chi connectivity index (χ0v) is 8.27. The highest BCUT2D eigenvalue weighted by Gasteiger charge is 2.54. The van der Waals surface area contributed by atoms with Crippen LogP contribution in [-0.2, 0) is 4.79 Å². The van der Waals surface area contributed by atoms with Crippen molar-refractivity contribution in [1.29, 1.82) is 0 Å². The molecule has 2 atom stereocenters. The topological polar surface area (TPSA) is 40.6 Å². The molecular formula is C10H14N2O2. The van der Waals surface area contributed by atoms with E-state index in [0.717, 1.165) is 25.8 Å². The fraction of sp³-hybridized carbons (Fsp3) is 0.800. The van der Waals surface area contributed by atoms with Crippen LogP contribution in [0.4, 0.5) is 4.79 Å². The van der Waals surface area contributed by atoms with E-state index < -0.39 is 0 Å². The number of imide groups is 1. The molecule has 76 valence electrons. The molecule has 0 radical (unpaired) electrons. The van der Waals surface area contributed by atoms with Crippen LogP contribution in [0.15, 0.2) is 0 Å². The van der Waals surface area contributed by atoms with Crippen LogP contribution in [0.25, 0.3) is 0 Å². The fourth-order valence-electron chi connectivity index (χ4n) is 2.58. The first-order chi connectivity index (χ1) is 6.70. The third-order valence-electron chi connectivity index (χ3n) is 3.55. The summed E-state index contributed by atoms with van der Waals surface area (Å²) in [6, 6.07) is 0.0581. The van der Waals surface area contributed by atoms with Crippen LogP contribution in [0.5, 0.6) is 0 Å². The number of carbonyl (C=O) groups is 2. The van der Waals surface area contributed by atoms with Gasteiger partial charge >= 0.3 is 6.03 Å². The normalized spacial score (nSPS) is 36.9. The molecule has 0 aromatic rings. The lowest BCUT2D eigenvalue weighted by Crippen LogP contribution is -2.35. The summed E-state index contributed by atoms with van der Waals surface area (Å²) in [4.78, 5) is 27.1. The molecule has 3 amide bonds. The monoisotopic (exact) mass is 194 g/mol. The minimum atomic E-state index is -0.136. The number of fused-ring (bicyclic) bond motifs is 1. The Morgan fingerprint density at radius 2 is 1.93 bits per heavy atom. The molecule has 4 heteroatoms. The SMILES string of the molecule is CC1CCN2C(=O)N(C3CC3)C(=O)C12. The predicted octanol–water partition coefficient (Wildman–Crippen LogP) is 0.821. The molecule has 2 heterocycles. The van der Waals surface area contributed by atoms with Crippen molar-refractivity contribution in [3.05, 3.63) is 0 Å². The zero-order chi connectivity index (χ0) is 9.87. The molecule has 0 aromatic carbocycles. The first-order valence-corrected chi connectivity index (χ1v) is 5.34. The summed E-state index contributed by atoms with van der Waals surface area (Å²) in [5.74, 6) is 0.401. The number of rotatable bonds is 1. The van der Waals surface area contributed by atoms with Crippen molar-refractivity contribution in [1.82, 2.24) is 9.80 Å². The summed E-state index contributed by atoms with van der Waals surface area (Å²) in [6.45, 7) is 2.83. The van der Waals surface area contributed by atoms with Gasteiger partial charge in [-0.25, -0.2) is 4.79 Å². The van der Waals surface area contributed by atoms with Gasteiger partial charge in [-0.1, -0.05) is 6.92 Å². The van der Waals surface area contributed by atoms with Crippen molar-refractivity contribution in [2.24, 2.45) is 5.92 Å². The van der Waals surface area contributed by atoms with Crippen LogP contribution in [0.2, 0.25) is 0 Å². The lowest BCUT2D eigenvalue weighted by Gasteiger charge is -2.13. The Bertz CT molecular complexity index is 311. The Kier molecular flexibility index (Phi) is 1.47. The van der Waals surface area contributed by atoms with E-state index in [-0.39, 0.29) is 24.0 Å². The Labute approximate surface area is 82.8 Å². The maximum absolute atomic E-state index is 12.0. The molecular weight excluding hydrogens is 180 g/mol. The molecule has 2 unspecified atom stereocenters. The number of hydrogen-bond acceptors (Lipinski definition) is 2. The van der Waals surface area contributed by atoms with Gasteiger partial charge in [0.15, 0.2) is 0 Å². The lowest BCUT2D eigenvalue weighted by molar-refractivity contribution is -0.129. The van der Waals surface area contributed by atoms with Crippen molar-refractivity contribution in [3.8, 4) is 0 Å². The maximum atomic E-state index is 12.0. The third-order valence-corrected chi connectivity index (χ3v) is 3.55. The van der Waals surface area contributed by atoms with Crippen LogP contribution in [0.1, 0.15) is 26.2 Å². The van der Waals surface area contributed by atoms with E-state index in [0.29, 0.717) is 5.92 Å². The zero-order valence-electron chi connectivity index (χ0n) is 8.27. The highest BCUT2D eigenvalue weighted by molar-refractivity contribution is 6.05. The Balaban J connectivity index is 1.92. The molecule has 0 aromatic heterocycles. The second-order valence-corrected chi connectivity index (χ2v) is 4.63. The molecule has 0 spiro atoms. The summed E-state index contributed by atoms with van der Waals surface area (Å²) >= 11 is 0. The number of amides is 3. The van der Waals surface area contributed by atoms with E-state index in [1.165, 1.54) is 4.90 Å². The molecule has 3 aliphatic rings. The molecule has 0 bridgehead atoms. The average molecular weight is 194 g/mol. The molecule has 0 N–H and O–H groups in total. The van der Waals surface area contributed by atoms with Gasteiger partial charge in [0.05, 0.1) is 0 Å². The highest BCUT2D eigenvalue weighted by atomic mass is 16.2. The standard InChI is InChI=1S/C10H14N2O2/c1-6-4-5-11-8(6)9(13)12(10(11)14)7-2-3-7/h6-8H,2-5H2,1H3. The molecule has 1 aliphatic carbocycles. The molecule has 3 rings (SSSR count). The Morgan fingerprint density at radius 3 is 2.50 bits per heavy atom. The summed E-state index contributed by atoms with van der Waals surface area (Å²) in [5.41, 5.74) is 0. The van der Waals surface area contributed by atoms with Gasteiger partial charge in [-0.15, -0.1) is 0 Å². The fourth-order valence-corrected chi connectivity index (χ4v) is 2.58. The van der Waals surface area contributed by atoms with E-state index >= 15 is 0 Å². The molecule has 2 aliphatic heterocycles. The number of hydrogen-bond donors (Lipinski definition) is 0. The summed E-state index contributed by atoms with van der Waals surface area (Å²) in [5, 5.41) is 0. The van der Waals surface area contributed by atoms with Gasteiger partial charge in [0.1, 0.15) is 6.04 Å². The van der Waals surface area contributed by atoms with E-state index in [1.54, 1.807) is 4.90 Å². The van der Waals surface area contributed by atoms with Crippen molar-refractivity contribution in [3.63, 3.8) is 0 Å². The second kappa shape index (κ2) is 2.49. The first kappa shape index (κ1) is 8.26. The molecule has 14 heavy (non-hydrogen) atoms. The minimum absolute atomic E-state index is 0.0353. The van der Waals surface area contributed by atoms with E-state index in [4.69, 9.17) is 0 Å². The Morgan fingerprint density at radius 1 is 1.21 bits per heavy atom. The van der Waals surface area contributed by atoms with E-state index in [1.807, 2.05) is 0 Å². The summed E-state index contributed by atoms with van der Waals surface area (Å²) in [6.07, 6.45) is 2.99. The highest BCUT2D eigenvalue weighted by Crippen LogP contribution is 2.38. The van der Waals surface area contributed by atoms with Gasteiger partial charge in [0, 0.05) is 12.6 Å². The predicted molar refractivity (Wildman–Crippen MR) is 49.5 cm³/mol. The van der Waals surface area contributed by atoms with Crippen LogP contribution < -0.4 is 0 Å². The molecule has 3 fully saturated rings. The lowest BCUT2D eigenvalue weighted by atomic mass is 10.0. The third kappa shape index (κ3) is 0.885. The largest absolute Gasteiger partial charge is 0.327 e. The van der Waals surface area contributed by atoms with Gasteiger partial charge < -0.3 is 4.90 Å². The van der Waals surface area contributed by atoms with E-state index in [2.05, 4.69) is 6.92 Å². The summed E-state index contributed by atoms with van der Waals surface area (Å²) in [7, 11) is 0. The summed E-state index contributed by atoms with van der Waals surface area (Å²) < 4.78 is 0. The number of nitrogens with zero attached hydrogens (tertiary/aromatic N) is 2. The van der Waals surface area contributed by atoms with Crippen LogP contribution in [0, 0.1) is 5.92 Å². The maximum Gasteiger partial charge on any atom is 0.327 e. The van der Waals surface area contributed by atoms with Crippen molar-refractivity contribution in [2.75, 3.05) is 6.54 Å². The van der Waals surface area contributed by atoms with E-state index in [9.17, 15) is 9.59 Å². The van der Waals surface area contributed by atoms with Gasteiger partial charge in [-0.05, 0) is 25.2 Å². The van der Waals surface area contributed by atoms with Crippen LogP contribution >= 0.6 is 0 Å². The second-order valence-electron chi connectivity index (χ2n) is 4.63. The van der Waals surface area contributed by atoms with Gasteiger partial charge in [-0.2, -0.15) is 0 Å². The average Bonchev–Trinajstić information content (AvgIpc) is 2.84. The smallest absolute Gasteiger partial charge is 0.312 e. The van der Waals surface area contributed by atoms with Crippen LogP contribution in [0.3, 0.4) is 0 Å². The van der Waals surface area contributed by atoms with Crippen LogP contribution in [-0.4, -0.2) is 40.4 Å². The molecule has 1 saturated carbocycles. The first-order valence-electron chi connectivity index (χ1n) is 5.34. The quantitative estimate of drug-likeness (QED) is 0.580. The molecule has 2 saturated heterocycles. The van der Waals surface area contributed by atoms with Gasteiger partial charge in [0.25, 0.3) is 5.91 Å². The van der Waals surface area contributed by atoms with Gasteiger partial charge in [0.2, 0.25) is 0 Å². The number of carbonyl (C=O) groups excluding carboxylic acids is 2. The minimum Gasteiger partial charge on any atom is -0.312 e.